The van der Waals surface area contributed by atoms with Crippen LogP contribution in [0.3, 0.4) is 0 Å². The Morgan fingerprint density at radius 2 is 1.58 bits per heavy atom. The third-order valence-electron chi connectivity index (χ3n) is 5.91. The Balaban J connectivity index is 1.47. The summed E-state index contributed by atoms with van der Waals surface area (Å²) in [5.41, 5.74) is 1.95. The number of aromatic nitrogens is 2. The van der Waals surface area contributed by atoms with Crippen molar-refractivity contribution >= 4 is 46.0 Å². The Morgan fingerprint density at radius 3 is 2.31 bits per heavy atom. The summed E-state index contributed by atoms with van der Waals surface area (Å²) in [4.78, 5) is 45.5. The van der Waals surface area contributed by atoms with Gasteiger partial charge in [-0.15, -0.1) is 0 Å². The summed E-state index contributed by atoms with van der Waals surface area (Å²) in [5, 5.41) is 1.42. The molecule has 1 saturated heterocycles. The van der Waals surface area contributed by atoms with Crippen molar-refractivity contribution in [1.82, 2.24) is 14.5 Å². The molecule has 1 fully saturated rings. The first-order chi connectivity index (χ1) is 17.5. The van der Waals surface area contributed by atoms with Crippen molar-refractivity contribution in [3.05, 3.63) is 99.3 Å². The van der Waals surface area contributed by atoms with Crippen LogP contribution in [0.5, 0.6) is 0 Å². The summed E-state index contributed by atoms with van der Waals surface area (Å²) in [6.45, 7) is 2.16. The van der Waals surface area contributed by atoms with Gasteiger partial charge in [0.25, 0.3) is 11.5 Å². The van der Waals surface area contributed by atoms with Crippen molar-refractivity contribution in [3.63, 3.8) is 0 Å². The van der Waals surface area contributed by atoms with E-state index in [0.29, 0.717) is 64.2 Å². The van der Waals surface area contributed by atoms with Gasteiger partial charge in [-0.05, 0) is 60.7 Å². The average Bonchev–Trinajstić information content (AvgIpc) is 2.92. The van der Waals surface area contributed by atoms with Crippen LogP contribution in [0.2, 0.25) is 5.02 Å². The molecule has 0 spiro atoms. The number of rotatable bonds is 6. The number of benzene rings is 3. The number of nitrogens with zero attached hydrogens (tertiary/aromatic N) is 3. The number of para-hydroxylation sites is 1. The minimum Gasteiger partial charge on any atom is -0.378 e. The summed E-state index contributed by atoms with van der Waals surface area (Å²) < 4.78 is 6.82. The minimum absolute atomic E-state index is 0.0722. The first kappa shape index (κ1) is 24.2. The van der Waals surface area contributed by atoms with E-state index in [1.54, 1.807) is 71.6 Å². The van der Waals surface area contributed by atoms with Crippen molar-refractivity contribution in [2.75, 3.05) is 32.1 Å². The van der Waals surface area contributed by atoms with Crippen molar-refractivity contribution < 1.29 is 14.3 Å². The highest BCUT2D eigenvalue weighted by molar-refractivity contribution is 7.99. The predicted octanol–water partition coefficient (Wildman–Crippen LogP) is 4.49. The van der Waals surface area contributed by atoms with E-state index in [9.17, 15) is 14.4 Å². The van der Waals surface area contributed by atoms with Gasteiger partial charge in [-0.1, -0.05) is 35.5 Å². The molecular weight excluding hydrogens is 498 g/mol. The first-order valence-corrected chi connectivity index (χ1v) is 12.8. The van der Waals surface area contributed by atoms with E-state index in [-0.39, 0.29) is 23.0 Å². The second-order valence-electron chi connectivity index (χ2n) is 8.22. The number of hydrogen-bond acceptors (Lipinski definition) is 6. The van der Waals surface area contributed by atoms with Gasteiger partial charge in [0.2, 0.25) is 0 Å². The molecule has 0 radical (unpaired) electrons. The molecule has 0 aliphatic carbocycles. The van der Waals surface area contributed by atoms with Gasteiger partial charge in [0.05, 0.1) is 35.6 Å². The van der Waals surface area contributed by atoms with Crippen LogP contribution < -0.4 is 5.56 Å². The molecule has 4 aromatic rings. The van der Waals surface area contributed by atoms with Crippen LogP contribution in [0.25, 0.3) is 16.6 Å². The van der Waals surface area contributed by atoms with Crippen LogP contribution >= 0.6 is 23.4 Å². The van der Waals surface area contributed by atoms with Crippen LogP contribution in [-0.4, -0.2) is 58.2 Å². The maximum Gasteiger partial charge on any atom is 0.266 e. The molecular formula is C27H22ClN3O4S. The molecule has 0 atom stereocenters. The Hall–Kier alpha value is -3.46. The molecule has 0 saturated carbocycles. The summed E-state index contributed by atoms with van der Waals surface area (Å²) in [5.74, 6) is -0.0749. The quantitative estimate of drug-likeness (QED) is 0.212. The second-order valence-corrected chi connectivity index (χ2v) is 9.60. The smallest absolute Gasteiger partial charge is 0.266 e. The molecule has 1 aromatic heterocycles. The molecule has 182 valence electrons. The van der Waals surface area contributed by atoms with Gasteiger partial charge >= 0.3 is 0 Å². The van der Waals surface area contributed by atoms with Crippen LogP contribution in [0.1, 0.15) is 20.7 Å². The maximum atomic E-state index is 13.5. The lowest BCUT2D eigenvalue weighted by Crippen LogP contribution is -2.40. The number of Topliss-reactive ketones (excluding diaryl/α,β-unsaturated/α-hetero) is 1. The maximum absolute atomic E-state index is 13.5. The van der Waals surface area contributed by atoms with Gasteiger partial charge in [0.15, 0.2) is 10.9 Å². The number of amides is 1. The standard InChI is InChI=1S/C27H22ClN3O4S/c28-20-9-5-18(6-10-20)24(32)17-36-27-29-23-4-2-1-3-22(23)26(34)31(27)21-11-7-19(8-12-21)25(33)30-13-15-35-16-14-30/h1-12H,13-17H2. The molecule has 7 nitrogen and oxygen atoms in total. The number of hydrogen-bond donors (Lipinski definition) is 0. The number of halogens is 1. The number of carbonyl (C=O) groups is 2. The highest BCUT2D eigenvalue weighted by Crippen LogP contribution is 2.23. The first-order valence-electron chi connectivity index (χ1n) is 11.4. The SMILES string of the molecule is O=C(CSc1nc2ccccc2c(=O)n1-c1ccc(C(=O)N2CCOCC2)cc1)c1ccc(Cl)cc1. The van der Waals surface area contributed by atoms with Crippen molar-refractivity contribution in [1.29, 1.82) is 0 Å². The molecule has 9 heteroatoms. The lowest BCUT2D eigenvalue weighted by atomic mass is 10.1. The van der Waals surface area contributed by atoms with Gasteiger partial charge in [-0.2, -0.15) is 0 Å². The molecule has 0 N–H and O–H groups in total. The molecule has 2 heterocycles. The van der Waals surface area contributed by atoms with Gasteiger partial charge in [-0.25, -0.2) is 4.98 Å². The summed E-state index contributed by atoms with van der Waals surface area (Å²) in [6.07, 6.45) is 0. The molecule has 1 aliphatic rings. The molecule has 0 bridgehead atoms. The Labute approximate surface area is 216 Å². The van der Waals surface area contributed by atoms with Crippen LogP contribution in [0.15, 0.2) is 82.7 Å². The molecule has 36 heavy (non-hydrogen) atoms. The summed E-state index contributed by atoms with van der Waals surface area (Å²) in [7, 11) is 0. The largest absolute Gasteiger partial charge is 0.378 e. The van der Waals surface area contributed by atoms with Gasteiger partial charge in [0.1, 0.15) is 0 Å². The third-order valence-corrected chi connectivity index (χ3v) is 7.10. The molecule has 1 amide bonds. The Bertz CT molecular complexity index is 1480. The summed E-state index contributed by atoms with van der Waals surface area (Å²) >= 11 is 7.12. The van der Waals surface area contributed by atoms with Crippen LogP contribution in [-0.2, 0) is 4.74 Å². The number of morpholine rings is 1. The second kappa shape index (κ2) is 10.7. The zero-order chi connectivity index (χ0) is 25.1. The monoisotopic (exact) mass is 519 g/mol. The van der Waals surface area contributed by atoms with E-state index in [1.807, 2.05) is 6.07 Å². The number of ether oxygens (including phenoxy) is 1. The third kappa shape index (κ3) is 5.06. The molecule has 5 rings (SSSR count). The van der Waals surface area contributed by atoms with Crippen molar-refractivity contribution in [2.45, 2.75) is 5.16 Å². The lowest BCUT2D eigenvalue weighted by molar-refractivity contribution is 0.0303. The zero-order valence-electron chi connectivity index (χ0n) is 19.2. The lowest BCUT2D eigenvalue weighted by Gasteiger charge is -2.26. The topological polar surface area (TPSA) is 81.5 Å². The number of carbonyl (C=O) groups excluding carboxylic acids is 2. The highest BCUT2D eigenvalue weighted by atomic mass is 35.5. The van der Waals surface area contributed by atoms with E-state index in [0.717, 1.165) is 0 Å². The van der Waals surface area contributed by atoms with E-state index in [4.69, 9.17) is 16.3 Å². The fourth-order valence-electron chi connectivity index (χ4n) is 3.99. The zero-order valence-corrected chi connectivity index (χ0v) is 20.8. The van der Waals surface area contributed by atoms with Crippen LogP contribution in [0.4, 0.5) is 0 Å². The summed E-state index contributed by atoms with van der Waals surface area (Å²) in [6, 6.07) is 20.7. The average molecular weight is 520 g/mol. The number of ketones is 1. The minimum atomic E-state index is -0.241. The van der Waals surface area contributed by atoms with E-state index >= 15 is 0 Å². The fourth-order valence-corrected chi connectivity index (χ4v) is 5.02. The Kier molecular flexibility index (Phi) is 7.18. The van der Waals surface area contributed by atoms with Crippen molar-refractivity contribution in [3.8, 4) is 5.69 Å². The fraction of sp³-hybridized carbons (Fsp3) is 0.185. The van der Waals surface area contributed by atoms with E-state index in [2.05, 4.69) is 4.98 Å². The predicted molar refractivity (Wildman–Crippen MR) is 141 cm³/mol. The molecule has 1 aliphatic heterocycles. The van der Waals surface area contributed by atoms with Crippen LogP contribution in [0, 0.1) is 0 Å². The Morgan fingerprint density at radius 1 is 0.917 bits per heavy atom. The van der Waals surface area contributed by atoms with Gasteiger partial charge in [-0.3, -0.25) is 19.0 Å². The van der Waals surface area contributed by atoms with E-state index in [1.165, 1.54) is 16.3 Å². The molecule has 3 aromatic carbocycles. The number of fused-ring (bicyclic) bond motifs is 1. The highest BCUT2D eigenvalue weighted by Gasteiger charge is 2.20. The van der Waals surface area contributed by atoms with E-state index < -0.39 is 0 Å². The normalized spacial score (nSPS) is 13.6. The number of thioether (sulfide) groups is 1. The van der Waals surface area contributed by atoms with Crippen molar-refractivity contribution in [2.24, 2.45) is 0 Å². The molecule has 0 unspecified atom stereocenters. The van der Waals surface area contributed by atoms with Gasteiger partial charge in [0, 0.05) is 29.2 Å². The van der Waals surface area contributed by atoms with Gasteiger partial charge < -0.3 is 9.64 Å².